The van der Waals surface area contributed by atoms with Gasteiger partial charge in [0.15, 0.2) is 0 Å². The van der Waals surface area contributed by atoms with Crippen LogP contribution in [0.4, 0.5) is 5.69 Å². The van der Waals surface area contributed by atoms with Gasteiger partial charge in [0.1, 0.15) is 0 Å². The van der Waals surface area contributed by atoms with E-state index in [1.54, 1.807) is 61.9 Å². The highest BCUT2D eigenvalue weighted by Crippen LogP contribution is 2.12. The molecule has 2 N–H and O–H groups in total. The first kappa shape index (κ1) is 17.9. The van der Waals surface area contributed by atoms with Gasteiger partial charge in [-0.25, -0.2) is 5.43 Å². The van der Waals surface area contributed by atoms with Gasteiger partial charge >= 0.3 is 0 Å². The molecule has 0 unspecified atom stereocenters. The molecule has 7 nitrogen and oxygen atoms in total. The summed E-state index contributed by atoms with van der Waals surface area (Å²) in [4.78, 5) is 31.9. The first-order valence-corrected chi connectivity index (χ1v) is 8.20. The number of hydrogen-bond donors (Lipinski definition) is 2. The van der Waals surface area contributed by atoms with Crippen molar-refractivity contribution in [3.05, 3.63) is 90.0 Å². The van der Waals surface area contributed by atoms with Crippen LogP contribution >= 0.6 is 0 Å². The highest BCUT2D eigenvalue weighted by atomic mass is 16.2. The molecule has 27 heavy (non-hydrogen) atoms. The second-order valence-corrected chi connectivity index (χ2v) is 5.65. The van der Waals surface area contributed by atoms with E-state index < -0.39 is 0 Å². The zero-order chi connectivity index (χ0) is 19.1. The number of hydrazone groups is 1. The number of carbonyl (C=O) groups excluding carboxylic acids is 2. The van der Waals surface area contributed by atoms with Gasteiger partial charge in [0, 0.05) is 36.0 Å². The van der Waals surface area contributed by atoms with Gasteiger partial charge in [0.05, 0.1) is 11.3 Å². The molecule has 0 fully saturated rings. The number of amides is 2. The van der Waals surface area contributed by atoms with Gasteiger partial charge in [-0.2, -0.15) is 5.10 Å². The summed E-state index contributed by atoms with van der Waals surface area (Å²) in [5, 5.41) is 6.91. The first-order valence-electron chi connectivity index (χ1n) is 8.20. The average Bonchev–Trinajstić information content (AvgIpc) is 2.73. The summed E-state index contributed by atoms with van der Waals surface area (Å²) in [5.41, 5.74) is 5.59. The minimum absolute atomic E-state index is 0.231. The molecule has 2 amide bonds. The molecule has 0 radical (unpaired) electrons. The lowest BCUT2D eigenvalue weighted by Crippen LogP contribution is -2.19. The lowest BCUT2D eigenvalue weighted by Gasteiger charge is -2.07. The zero-order valence-corrected chi connectivity index (χ0v) is 14.6. The maximum Gasteiger partial charge on any atom is 0.271 e. The van der Waals surface area contributed by atoms with Crippen molar-refractivity contribution in [2.75, 3.05) is 5.32 Å². The molecule has 7 heteroatoms. The van der Waals surface area contributed by atoms with Gasteiger partial charge in [-0.1, -0.05) is 12.1 Å². The van der Waals surface area contributed by atoms with Gasteiger partial charge in [0.2, 0.25) is 0 Å². The van der Waals surface area contributed by atoms with Crippen molar-refractivity contribution in [3.63, 3.8) is 0 Å². The predicted octanol–water partition coefficient (Wildman–Crippen LogP) is 2.88. The van der Waals surface area contributed by atoms with Gasteiger partial charge < -0.3 is 5.32 Å². The summed E-state index contributed by atoms with van der Waals surface area (Å²) < 4.78 is 0. The first-order chi connectivity index (χ1) is 13.1. The van der Waals surface area contributed by atoms with Gasteiger partial charge in [0.25, 0.3) is 11.8 Å². The molecule has 1 aromatic carbocycles. The number of nitrogens with zero attached hydrogens (tertiary/aromatic N) is 3. The van der Waals surface area contributed by atoms with Crippen molar-refractivity contribution in [3.8, 4) is 0 Å². The molecule has 2 heterocycles. The van der Waals surface area contributed by atoms with E-state index in [0.717, 1.165) is 5.56 Å². The van der Waals surface area contributed by atoms with Crippen LogP contribution in [-0.2, 0) is 0 Å². The minimum Gasteiger partial charge on any atom is -0.322 e. The zero-order valence-electron chi connectivity index (χ0n) is 14.6. The Bertz CT molecular complexity index is 955. The van der Waals surface area contributed by atoms with Crippen LogP contribution in [0.2, 0.25) is 0 Å². The average molecular weight is 359 g/mol. The maximum atomic E-state index is 12.1. The third-order valence-corrected chi connectivity index (χ3v) is 3.75. The summed E-state index contributed by atoms with van der Waals surface area (Å²) in [6.45, 7) is 1.79. The van der Waals surface area contributed by atoms with E-state index in [1.165, 1.54) is 6.20 Å². The van der Waals surface area contributed by atoms with Crippen LogP contribution in [-0.4, -0.2) is 27.5 Å². The number of anilines is 1. The Morgan fingerprint density at radius 1 is 0.815 bits per heavy atom. The van der Waals surface area contributed by atoms with Crippen molar-refractivity contribution in [1.82, 2.24) is 15.4 Å². The summed E-state index contributed by atoms with van der Waals surface area (Å²) >= 11 is 0. The largest absolute Gasteiger partial charge is 0.322 e. The third-order valence-electron chi connectivity index (χ3n) is 3.75. The molecular weight excluding hydrogens is 342 g/mol. The van der Waals surface area contributed by atoms with Crippen LogP contribution in [0.5, 0.6) is 0 Å². The molecule has 134 valence electrons. The van der Waals surface area contributed by atoms with E-state index in [4.69, 9.17) is 0 Å². The Hall–Kier alpha value is -3.87. The smallest absolute Gasteiger partial charge is 0.271 e. The molecule has 0 saturated heterocycles. The van der Waals surface area contributed by atoms with Crippen LogP contribution in [0.1, 0.15) is 33.2 Å². The van der Waals surface area contributed by atoms with Crippen LogP contribution in [0, 0.1) is 0 Å². The molecule has 3 rings (SSSR count). The molecule has 0 spiro atoms. The van der Waals surface area contributed by atoms with Crippen LogP contribution in [0.15, 0.2) is 78.4 Å². The van der Waals surface area contributed by atoms with Gasteiger partial charge in [-0.3, -0.25) is 19.6 Å². The Balaban J connectivity index is 1.62. The fourth-order valence-corrected chi connectivity index (χ4v) is 2.26. The number of rotatable bonds is 5. The molecule has 0 bridgehead atoms. The van der Waals surface area contributed by atoms with Crippen molar-refractivity contribution in [2.24, 2.45) is 5.10 Å². The number of hydrogen-bond acceptors (Lipinski definition) is 5. The number of pyridine rings is 2. The molecule has 0 aliphatic rings. The fraction of sp³-hybridized carbons (Fsp3) is 0.0500. The monoisotopic (exact) mass is 359 g/mol. The van der Waals surface area contributed by atoms with Crippen molar-refractivity contribution < 1.29 is 9.59 Å². The molecule has 3 aromatic rings. The third kappa shape index (κ3) is 4.82. The van der Waals surface area contributed by atoms with E-state index in [0.29, 0.717) is 22.5 Å². The fourth-order valence-electron chi connectivity index (χ4n) is 2.26. The van der Waals surface area contributed by atoms with E-state index in [-0.39, 0.29) is 11.8 Å². The number of nitrogens with one attached hydrogen (secondary N) is 2. The number of aromatic nitrogens is 2. The van der Waals surface area contributed by atoms with Crippen molar-refractivity contribution in [2.45, 2.75) is 6.92 Å². The molecule has 0 aliphatic heterocycles. The van der Waals surface area contributed by atoms with Crippen LogP contribution in [0.25, 0.3) is 0 Å². The van der Waals surface area contributed by atoms with Gasteiger partial charge in [-0.15, -0.1) is 0 Å². The molecule has 2 aromatic heterocycles. The minimum atomic E-state index is -0.308. The second kappa shape index (κ2) is 8.48. The van der Waals surface area contributed by atoms with Gasteiger partial charge in [-0.05, 0) is 48.9 Å². The van der Waals surface area contributed by atoms with E-state index in [2.05, 4.69) is 25.8 Å². The van der Waals surface area contributed by atoms with E-state index in [1.807, 2.05) is 12.1 Å². The Morgan fingerprint density at radius 2 is 1.56 bits per heavy atom. The highest BCUT2D eigenvalue weighted by molar-refractivity contribution is 6.05. The SMILES string of the molecule is C/C(=N/NC(=O)c1ccncc1)c1ccc(NC(=O)c2cccnc2)cc1. The quantitative estimate of drug-likeness (QED) is 0.541. The Kier molecular flexibility index (Phi) is 5.64. The highest BCUT2D eigenvalue weighted by Gasteiger charge is 2.07. The number of carbonyl (C=O) groups is 2. The standard InChI is InChI=1S/C20H17N5O2/c1-14(24-25-20(27)16-8-11-21-12-9-16)15-4-6-18(7-5-15)23-19(26)17-3-2-10-22-13-17/h2-13H,1H3,(H,23,26)(H,25,27)/b24-14-. The maximum absolute atomic E-state index is 12.1. The van der Waals surface area contributed by atoms with Crippen molar-refractivity contribution in [1.29, 1.82) is 0 Å². The summed E-state index contributed by atoms with van der Waals surface area (Å²) in [5.74, 6) is -0.539. The summed E-state index contributed by atoms with van der Waals surface area (Å²) in [6, 6.07) is 13.8. The topological polar surface area (TPSA) is 96.3 Å². The molecule has 0 saturated carbocycles. The number of benzene rings is 1. The molecule has 0 aliphatic carbocycles. The van der Waals surface area contributed by atoms with Crippen molar-refractivity contribution >= 4 is 23.2 Å². The lowest BCUT2D eigenvalue weighted by molar-refractivity contribution is 0.0954. The summed E-state index contributed by atoms with van der Waals surface area (Å²) in [6.07, 6.45) is 6.21. The summed E-state index contributed by atoms with van der Waals surface area (Å²) in [7, 11) is 0. The normalized spacial score (nSPS) is 10.9. The van der Waals surface area contributed by atoms with E-state index in [9.17, 15) is 9.59 Å². The van der Waals surface area contributed by atoms with Crippen LogP contribution < -0.4 is 10.7 Å². The predicted molar refractivity (Wildman–Crippen MR) is 103 cm³/mol. The molecular formula is C20H17N5O2. The Morgan fingerprint density at radius 3 is 2.22 bits per heavy atom. The molecule has 0 atom stereocenters. The second-order valence-electron chi connectivity index (χ2n) is 5.65. The lowest BCUT2D eigenvalue weighted by atomic mass is 10.1. The van der Waals surface area contributed by atoms with Crippen LogP contribution in [0.3, 0.4) is 0 Å². The van der Waals surface area contributed by atoms with E-state index >= 15 is 0 Å². The Labute approximate surface area is 156 Å².